The largest absolute Gasteiger partial charge is 0.493 e. The van der Waals surface area contributed by atoms with Crippen LogP contribution in [0, 0.1) is 0 Å². The van der Waals surface area contributed by atoms with E-state index in [1.54, 1.807) is 18.2 Å². The molecule has 2 bridgehead atoms. The number of hydrogen-bond donors (Lipinski definition) is 3. The monoisotopic (exact) mass is 493 g/mol. The number of piperidine rings is 1. The van der Waals surface area contributed by atoms with Gasteiger partial charge in [0.2, 0.25) is 0 Å². The highest BCUT2D eigenvalue weighted by Gasteiger charge is 2.41. The first-order valence-electron chi connectivity index (χ1n) is 13.0. The zero-order chi connectivity index (χ0) is 25.1. The second-order valence-corrected chi connectivity index (χ2v) is 9.88. The van der Waals surface area contributed by atoms with Gasteiger partial charge in [-0.15, -0.1) is 0 Å². The first-order chi connectivity index (χ1) is 17.5. The van der Waals surface area contributed by atoms with Crippen LogP contribution >= 0.6 is 0 Å². The number of carbonyl (C=O) groups is 2. The summed E-state index contributed by atoms with van der Waals surface area (Å²) in [5.41, 5.74) is 3.53. The van der Waals surface area contributed by atoms with Crippen molar-refractivity contribution in [2.24, 2.45) is 0 Å². The number of carbonyl (C=O) groups excluding carboxylic acids is 2. The van der Waals surface area contributed by atoms with Gasteiger partial charge >= 0.3 is 0 Å². The van der Waals surface area contributed by atoms with Crippen LogP contribution in [0.5, 0.6) is 5.75 Å². The van der Waals surface area contributed by atoms with E-state index in [1.165, 1.54) is 11.1 Å². The molecule has 0 spiro atoms. The summed E-state index contributed by atoms with van der Waals surface area (Å²) in [6.07, 6.45) is 3.88. The quantitative estimate of drug-likeness (QED) is 0.496. The minimum atomic E-state index is -0.719. The highest BCUT2D eigenvalue weighted by molar-refractivity contribution is 6.00. The molecular weight excluding hydrogens is 458 g/mol. The molecule has 2 unspecified atom stereocenters. The molecule has 0 radical (unpaired) electrons. The zero-order valence-corrected chi connectivity index (χ0v) is 20.7. The Bertz CT molecular complexity index is 1070. The third kappa shape index (κ3) is 5.26. The van der Waals surface area contributed by atoms with Gasteiger partial charge < -0.3 is 30.1 Å². The molecule has 2 aromatic rings. The molecule has 2 aromatic carbocycles. The molecule has 2 saturated heterocycles. The maximum Gasteiger partial charge on any atom is 0.256 e. The van der Waals surface area contributed by atoms with Crippen LogP contribution in [0.15, 0.2) is 42.5 Å². The molecule has 3 N–H and O–H groups in total. The Kier molecular flexibility index (Phi) is 7.55. The Labute approximate surface area is 212 Å². The van der Waals surface area contributed by atoms with Gasteiger partial charge in [-0.3, -0.25) is 9.59 Å². The number of rotatable bonds is 9. The summed E-state index contributed by atoms with van der Waals surface area (Å²) in [6.45, 7) is 3.30. The predicted octanol–water partition coefficient (Wildman–Crippen LogP) is 2.28. The van der Waals surface area contributed by atoms with Crippen LogP contribution in [-0.2, 0) is 17.6 Å². The lowest BCUT2D eigenvalue weighted by atomic mass is 10.0. The normalized spacial score (nSPS) is 21.8. The fraction of sp³-hybridized carbons (Fsp3) is 0.500. The zero-order valence-electron chi connectivity index (χ0n) is 20.7. The van der Waals surface area contributed by atoms with Crippen molar-refractivity contribution in [2.75, 3.05) is 26.3 Å². The minimum Gasteiger partial charge on any atom is -0.493 e. The lowest BCUT2D eigenvalue weighted by molar-refractivity contribution is 0.0123. The fourth-order valence-corrected chi connectivity index (χ4v) is 5.54. The van der Waals surface area contributed by atoms with Gasteiger partial charge in [-0.05, 0) is 68.4 Å². The minimum absolute atomic E-state index is 0.0920. The van der Waals surface area contributed by atoms with Crippen LogP contribution in [0.1, 0.15) is 58.0 Å². The van der Waals surface area contributed by atoms with Crippen molar-refractivity contribution >= 4 is 11.8 Å². The molecule has 2 aliphatic heterocycles. The van der Waals surface area contributed by atoms with Crippen LogP contribution in [0.4, 0.5) is 0 Å². The van der Waals surface area contributed by atoms with Gasteiger partial charge in [0.05, 0.1) is 30.9 Å². The van der Waals surface area contributed by atoms with Crippen molar-refractivity contribution in [3.8, 4) is 5.75 Å². The molecule has 192 valence electrons. The van der Waals surface area contributed by atoms with E-state index in [1.807, 2.05) is 11.8 Å². The molecule has 8 nitrogen and oxygen atoms in total. The summed E-state index contributed by atoms with van der Waals surface area (Å²) >= 11 is 0. The summed E-state index contributed by atoms with van der Waals surface area (Å²) in [4.78, 5) is 28.0. The Morgan fingerprint density at radius 1 is 1.14 bits per heavy atom. The number of hydrogen-bond acceptors (Lipinski definition) is 6. The highest BCUT2D eigenvalue weighted by atomic mass is 16.5. The maximum atomic E-state index is 13.2. The first-order valence-corrected chi connectivity index (χ1v) is 13.0. The smallest absolute Gasteiger partial charge is 0.256 e. The van der Waals surface area contributed by atoms with E-state index in [0.717, 1.165) is 32.1 Å². The van der Waals surface area contributed by atoms with Gasteiger partial charge in [-0.25, -0.2) is 0 Å². The van der Waals surface area contributed by atoms with Crippen molar-refractivity contribution in [3.05, 3.63) is 64.7 Å². The molecule has 5 rings (SSSR count). The second kappa shape index (κ2) is 11.0. The molecule has 2 amide bonds. The molecule has 2 fully saturated rings. The second-order valence-electron chi connectivity index (χ2n) is 9.88. The summed E-state index contributed by atoms with van der Waals surface area (Å²) < 4.78 is 11.5. The fourth-order valence-electron chi connectivity index (χ4n) is 5.54. The number of nitrogens with zero attached hydrogens (tertiary/aromatic N) is 1. The molecule has 1 aliphatic carbocycles. The van der Waals surface area contributed by atoms with Gasteiger partial charge in [0.25, 0.3) is 11.8 Å². The summed E-state index contributed by atoms with van der Waals surface area (Å²) in [5, 5.41) is 16.7. The number of benzene rings is 2. The number of ether oxygens (including phenoxy) is 2. The first kappa shape index (κ1) is 24.7. The van der Waals surface area contributed by atoms with Crippen LogP contribution in [0.3, 0.4) is 0 Å². The Balaban J connectivity index is 1.16. The van der Waals surface area contributed by atoms with Crippen molar-refractivity contribution in [1.82, 2.24) is 15.5 Å². The van der Waals surface area contributed by atoms with Gasteiger partial charge in [0.1, 0.15) is 12.0 Å². The molecule has 3 atom stereocenters. The third-order valence-electron chi connectivity index (χ3n) is 7.37. The van der Waals surface area contributed by atoms with Crippen LogP contribution in [0.2, 0.25) is 0 Å². The number of nitrogens with one attached hydrogen (secondary N) is 2. The SMILES string of the molecule is CCOc1cc(C(=O)N2C3CCCC2OC3)ccc1C(=O)NC[C@@H](O)CNC1Cc2ccccc2C1. The summed E-state index contributed by atoms with van der Waals surface area (Å²) in [7, 11) is 0. The van der Waals surface area contributed by atoms with E-state index in [4.69, 9.17) is 9.47 Å². The topological polar surface area (TPSA) is 100 Å². The molecule has 3 aliphatic rings. The molecule has 36 heavy (non-hydrogen) atoms. The van der Waals surface area contributed by atoms with Gasteiger partial charge in [0.15, 0.2) is 0 Å². The van der Waals surface area contributed by atoms with Crippen molar-refractivity contribution in [3.63, 3.8) is 0 Å². The number of aliphatic hydroxyl groups excluding tert-OH is 1. The van der Waals surface area contributed by atoms with E-state index in [-0.39, 0.29) is 30.6 Å². The van der Waals surface area contributed by atoms with Crippen LogP contribution in [0.25, 0.3) is 0 Å². The van der Waals surface area contributed by atoms with E-state index in [0.29, 0.717) is 42.7 Å². The highest BCUT2D eigenvalue weighted by Crippen LogP contribution is 2.32. The maximum absolute atomic E-state index is 13.2. The van der Waals surface area contributed by atoms with E-state index < -0.39 is 6.10 Å². The van der Waals surface area contributed by atoms with Crippen molar-refractivity contribution in [1.29, 1.82) is 0 Å². The Morgan fingerprint density at radius 2 is 1.92 bits per heavy atom. The summed E-state index contributed by atoms with van der Waals surface area (Å²) in [5.74, 6) is -0.0701. The molecule has 2 heterocycles. The van der Waals surface area contributed by atoms with Crippen molar-refractivity contribution in [2.45, 2.75) is 63.4 Å². The molecule has 0 saturated carbocycles. The number of aliphatic hydroxyl groups is 1. The lowest BCUT2D eigenvalue weighted by Crippen LogP contribution is -2.44. The molecular formula is C28H35N3O5. The van der Waals surface area contributed by atoms with E-state index >= 15 is 0 Å². The average Bonchev–Trinajstić information content (AvgIpc) is 3.42. The Morgan fingerprint density at radius 3 is 2.64 bits per heavy atom. The Hall–Kier alpha value is -2.94. The lowest BCUT2D eigenvalue weighted by Gasteiger charge is -2.32. The van der Waals surface area contributed by atoms with E-state index in [2.05, 4.69) is 34.9 Å². The standard InChI is InChI=1S/C28H35N3O5/c1-2-35-25-14-20(28(34)31-22-8-5-9-26(31)36-17-22)10-11-24(25)27(33)30-16-23(32)15-29-21-12-18-6-3-4-7-19(18)13-21/h3-4,6-7,10-11,14,21-23,26,29,32H,2,5,8-9,12-13,15-17H2,1H3,(H,30,33)/t22?,23-,26?/m0/s1. The van der Waals surface area contributed by atoms with Gasteiger partial charge in [0, 0.05) is 24.7 Å². The average molecular weight is 494 g/mol. The summed E-state index contributed by atoms with van der Waals surface area (Å²) in [6, 6.07) is 13.7. The molecule has 0 aromatic heterocycles. The van der Waals surface area contributed by atoms with E-state index in [9.17, 15) is 14.7 Å². The van der Waals surface area contributed by atoms with Crippen LogP contribution < -0.4 is 15.4 Å². The van der Waals surface area contributed by atoms with Crippen LogP contribution in [-0.4, -0.2) is 72.5 Å². The number of fused-ring (bicyclic) bond motifs is 3. The number of amides is 2. The third-order valence-corrected chi connectivity index (χ3v) is 7.37. The predicted molar refractivity (Wildman–Crippen MR) is 135 cm³/mol. The van der Waals surface area contributed by atoms with Gasteiger partial charge in [-0.1, -0.05) is 24.3 Å². The van der Waals surface area contributed by atoms with Crippen molar-refractivity contribution < 1.29 is 24.2 Å². The molecule has 8 heteroatoms. The van der Waals surface area contributed by atoms with Gasteiger partial charge in [-0.2, -0.15) is 0 Å².